The maximum absolute atomic E-state index is 5.99. The molecule has 0 spiro atoms. The van der Waals surface area contributed by atoms with Gasteiger partial charge in [-0.3, -0.25) is 0 Å². The summed E-state index contributed by atoms with van der Waals surface area (Å²) in [6, 6.07) is 0.358. The predicted octanol–water partition coefficient (Wildman–Crippen LogP) is 1.30. The van der Waals surface area contributed by atoms with Gasteiger partial charge in [-0.1, -0.05) is 13.8 Å². The minimum atomic E-state index is 0.00573. The van der Waals surface area contributed by atoms with Gasteiger partial charge >= 0.3 is 0 Å². The van der Waals surface area contributed by atoms with E-state index in [0.717, 1.165) is 38.1 Å². The molecule has 1 aliphatic heterocycles. The van der Waals surface area contributed by atoms with E-state index >= 15 is 0 Å². The lowest BCUT2D eigenvalue weighted by atomic mass is 9.86. The fourth-order valence-electron chi connectivity index (χ4n) is 2.72. The highest BCUT2D eigenvalue weighted by atomic mass is 16.5. The molecule has 1 aliphatic rings. The second kappa shape index (κ2) is 5.75. The molecule has 0 bridgehead atoms. The molecule has 0 saturated carbocycles. The van der Waals surface area contributed by atoms with E-state index in [4.69, 9.17) is 4.74 Å². The lowest BCUT2D eigenvalue weighted by Crippen LogP contribution is -2.40. The first-order chi connectivity index (χ1) is 8.74. The number of ether oxygens (including phenoxy) is 1. The Kier molecular flexibility index (Phi) is 4.29. The van der Waals surface area contributed by atoms with Gasteiger partial charge in [-0.05, 0) is 43.2 Å². The Bertz CT molecular complexity index is 374. The van der Waals surface area contributed by atoms with Crippen LogP contribution < -0.4 is 5.32 Å². The Labute approximate surface area is 108 Å². The van der Waals surface area contributed by atoms with Crippen molar-refractivity contribution in [1.29, 1.82) is 0 Å². The summed E-state index contributed by atoms with van der Waals surface area (Å²) in [6.45, 7) is 5.89. The summed E-state index contributed by atoms with van der Waals surface area (Å²) in [4.78, 5) is 0. The van der Waals surface area contributed by atoms with Gasteiger partial charge in [-0.15, -0.1) is 5.10 Å². The highest BCUT2D eigenvalue weighted by Gasteiger charge is 2.36. The van der Waals surface area contributed by atoms with Crippen LogP contribution in [0.1, 0.15) is 51.4 Å². The normalized spacial score (nSPS) is 23.2. The maximum Gasteiger partial charge on any atom is 0.165 e. The van der Waals surface area contributed by atoms with Crippen molar-refractivity contribution in [1.82, 2.24) is 25.5 Å². The van der Waals surface area contributed by atoms with Crippen molar-refractivity contribution in [2.75, 3.05) is 13.7 Å². The predicted molar refractivity (Wildman–Crippen MR) is 68.1 cm³/mol. The van der Waals surface area contributed by atoms with E-state index in [1.807, 2.05) is 11.7 Å². The Morgan fingerprint density at radius 3 is 2.89 bits per heavy atom. The highest BCUT2D eigenvalue weighted by Crippen LogP contribution is 2.36. The molecule has 1 unspecified atom stereocenters. The minimum absolute atomic E-state index is 0.00573. The van der Waals surface area contributed by atoms with Crippen LogP contribution in [0.4, 0.5) is 0 Å². The molecule has 2 rings (SSSR count). The number of nitrogens with one attached hydrogen (secondary N) is 1. The number of rotatable bonds is 5. The van der Waals surface area contributed by atoms with E-state index < -0.39 is 0 Å². The fraction of sp³-hybridized carbons (Fsp3) is 0.917. The number of tetrazole rings is 1. The second-order valence-corrected chi connectivity index (χ2v) is 4.96. The van der Waals surface area contributed by atoms with Crippen LogP contribution in [0.25, 0.3) is 0 Å². The molecule has 102 valence electrons. The van der Waals surface area contributed by atoms with Gasteiger partial charge in [0.05, 0.1) is 18.2 Å². The first-order valence-electron chi connectivity index (χ1n) is 6.80. The summed E-state index contributed by atoms with van der Waals surface area (Å²) in [7, 11) is 1.91. The number of aromatic nitrogens is 4. The van der Waals surface area contributed by atoms with Crippen LogP contribution in [0.3, 0.4) is 0 Å². The Morgan fingerprint density at radius 1 is 1.44 bits per heavy atom. The molecule has 1 aromatic heterocycles. The van der Waals surface area contributed by atoms with Crippen LogP contribution in [0.15, 0.2) is 0 Å². The molecule has 1 atom stereocenters. The van der Waals surface area contributed by atoms with E-state index in [-0.39, 0.29) is 5.60 Å². The summed E-state index contributed by atoms with van der Waals surface area (Å²) >= 11 is 0. The van der Waals surface area contributed by atoms with Gasteiger partial charge in [0.2, 0.25) is 0 Å². The molecular formula is C12H23N5O. The molecule has 1 saturated heterocycles. The van der Waals surface area contributed by atoms with Crippen molar-refractivity contribution in [2.45, 2.75) is 57.7 Å². The van der Waals surface area contributed by atoms with Crippen molar-refractivity contribution in [2.24, 2.45) is 0 Å². The maximum atomic E-state index is 5.99. The Hall–Kier alpha value is -1.01. The van der Waals surface area contributed by atoms with E-state index in [9.17, 15) is 0 Å². The van der Waals surface area contributed by atoms with Crippen LogP contribution in [-0.4, -0.2) is 39.5 Å². The summed E-state index contributed by atoms with van der Waals surface area (Å²) in [5.41, 5.74) is 0.00573. The first-order valence-corrected chi connectivity index (χ1v) is 6.80. The third-order valence-corrected chi connectivity index (χ3v) is 4.00. The Morgan fingerprint density at radius 2 is 2.22 bits per heavy atom. The smallest absolute Gasteiger partial charge is 0.165 e. The summed E-state index contributed by atoms with van der Waals surface area (Å²) in [6.07, 6.45) is 4.08. The first kappa shape index (κ1) is 13.4. The highest BCUT2D eigenvalue weighted by molar-refractivity contribution is 4.91. The van der Waals surface area contributed by atoms with Gasteiger partial charge in [-0.2, -0.15) is 0 Å². The summed E-state index contributed by atoms with van der Waals surface area (Å²) in [5.74, 6) is 0.908. The molecule has 0 radical (unpaired) electrons. The molecule has 2 heterocycles. The SMILES string of the molecule is CCC1(CC)CC(n2nnnc2CNC)CCO1. The third kappa shape index (κ3) is 2.54. The molecular weight excluding hydrogens is 230 g/mol. The molecule has 18 heavy (non-hydrogen) atoms. The average molecular weight is 253 g/mol. The third-order valence-electron chi connectivity index (χ3n) is 4.00. The monoisotopic (exact) mass is 253 g/mol. The molecule has 1 fully saturated rings. The topological polar surface area (TPSA) is 64.9 Å². The summed E-state index contributed by atoms with van der Waals surface area (Å²) in [5, 5.41) is 15.1. The van der Waals surface area contributed by atoms with E-state index in [2.05, 4.69) is 34.7 Å². The van der Waals surface area contributed by atoms with Crippen molar-refractivity contribution < 1.29 is 4.74 Å². The van der Waals surface area contributed by atoms with Crippen molar-refractivity contribution in [3.63, 3.8) is 0 Å². The van der Waals surface area contributed by atoms with Crippen LogP contribution in [0.2, 0.25) is 0 Å². The molecule has 6 nitrogen and oxygen atoms in total. The zero-order valence-electron chi connectivity index (χ0n) is 11.5. The van der Waals surface area contributed by atoms with Gasteiger partial charge in [0.1, 0.15) is 0 Å². The molecule has 1 aromatic rings. The summed E-state index contributed by atoms with van der Waals surface area (Å²) < 4.78 is 7.97. The van der Waals surface area contributed by atoms with Crippen LogP contribution in [0.5, 0.6) is 0 Å². The average Bonchev–Trinajstić information content (AvgIpc) is 2.87. The van der Waals surface area contributed by atoms with Gasteiger partial charge in [-0.25, -0.2) is 4.68 Å². The van der Waals surface area contributed by atoms with Gasteiger partial charge in [0, 0.05) is 6.61 Å². The number of nitrogens with zero attached hydrogens (tertiary/aromatic N) is 4. The van der Waals surface area contributed by atoms with E-state index in [1.54, 1.807) is 0 Å². The Balaban J connectivity index is 2.15. The van der Waals surface area contributed by atoms with Gasteiger partial charge < -0.3 is 10.1 Å². The largest absolute Gasteiger partial charge is 0.375 e. The zero-order chi connectivity index (χ0) is 13.0. The van der Waals surface area contributed by atoms with Crippen LogP contribution in [0, 0.1) is 0 Å². The number of hydrogen-bond acceptors (Lipinski definition) is 5. The zero-order valence-corrected chi connectivity index (χ0v) is 11.5. The molecule has 1 N–H and O–H groups in total. The molecule has 6 heteroatoms. The standard InChI is InChI=1S/C12H23N5O/c1-4-12(5-2)8-10(6-7-18-12)17-11(9-13-3)14-15-16-17/h10,13H,4-9H2,1-3H3. The molecule has 0 aliphatic carbocycles. The van der Waals surface area contributed by atoms with Crippen molar-refractivity contribution in [3.8, 4) is 0 Å². The van der Waals surface area contributed by atoms with Gasteiger partial charge in [0.25, 0.3) is 0 Å². The number of hydrogen-bond donors (Lipinski definition) is 1. The van der Waals surface area contributed by atoms with E-state index in [1.165, 1.54) is 0 Å². The minimum Gasteiger partial charge on any atom is -0.375 e. The lowest BCUT2D eigenvalue weighted by molar-refractivity contribution is -0.101. The molecule has 0 amide bonds. The second-order valence-electron chi connectivity index (χ2n) is 4.96. The van der Waals surface area contributed by atoms with Crippen molar-refractivity contribution in [3.05, 3.63) is 5.82 Å². The fourth-order valence-corrected chi connectivity index (χ4v) is 2.72. The molecule has 0 aromatic carbocycles. The van der Waals surface area contributed by atoms with Crippen LogP contribution in [-0.2, 0) is 11.3 Å². The quantitative estimate of drug-likeness (QED) is 0.857. The van der Waals surface area contributed by atoms with E-state index in [0.29, 0.717) is 12.6 Å². The lowest BCUT2D eigenvalue weighted by Gasteiger charge is -2.40. The van der Waals surface area contributed by atoms with Crippen molar-refractivity contribution >= 4 is 0 Å². The van der Waals surface area contributed by atoms with Crippen LogP contribution >= 0.6 is 0 Å². The van der Waals surface area contributed by atoms with Gasteiger partial charge in [0.15, 0.2) is 5.82 Å².